The number of carbonyl (C=O) groups is 2. The Morgan fingerprint density at radius 2 is 1.74 bits per heavy atom. The van der Waals surface area contributed by atoms with Gasteiger partial charge in [-0.1, -0.05) is 37.3 Å². The van der Waals surface area contributed by atoms with Gasteiger partial charge in [-0.15, -0.1) is 0 Å². The Balaban J connectivity index is 2.09. The van der Waals surface area contributed by atoms with Crippen LogP contribution in [0.3, 0.4) is 0 Å². The van der Waals surface area contributed by atoms with Crippen LogP contribution in [0.2, 0.25) is 0 Å². The topological polar surface area (TPSA) is 79.3 Å². The van der Waals surface area contributed by atoms with Gasteiger partial charge in [0.2, 0.25) is 0 Å². The summed E-state index contributed by atoms with van der Waals surface area (Å²) in [5, 5.41) is 11.9. The van der Waals surface area contributed by atoms with Gasteiger partial charge in [0.05, 0.1) is 11.3 Å². The predicted octanol–water partition coefficient (Wildman–Crippen LogP) is 3.01. The molecule has 5 heteroatoms. The monoisotopic (exact) mass is 312 g/mol. The van der Waals surface area contributed by atoms with Crippen molar-refractivity contribution in [2.45, 2.75) is 32.7 Å². The number of nitrogens with one attached hydrogen (secondary N) is 1. The SMILES string of the molecule is Cc1nc(C(=O)NC(C)C(C)c2ccccc2)ccc1C(=O)O. The molecule has 2 unspecified atom stereocenters. The molecule has 120 valence electrons. The number of hydrogen-bond donors (Lipinski definition) is 2. The van der Waals surface area contributed by atoms with Gasteiger partial charge < -0.3 is 10.4 Å². The third-order valence-electron chi connectivity index (χ3n) is 3.98. The molecule has 5 nitrogen and oxygen atoms in total. The van der Waals surface area contributed by atoms with Crippen LogP contribution in [0.5, 0.6) is 0 Å². The van der Waals surface area contributed by atoms with Crippen molar-refractivity contribution in [3.63, 3.8) is 0 Å². The number of aryl methyl sites for hydroxylation is 1. The smallest absolute Gasteiger partial charge is 0.337 e. The van der Waals surface area contributed by atoms with Crippen molar-refractivity contribution < 1.29 is 14.7 Å². The number of amides is 1. The van der Waals surface area contributed by atoms with Crippen molar-refractivity contribution in [3.05, 3.63) is 65.0 Å². The van der Waals surface area contributed by atoms with Crippen LogP contribution in [0.1, 0.15) is 51.9 Å². The summed E-state index contributed by atoms with van der Waals surface area (Å²) in [6.45, 7) is 5.57. The number of carboxylic acids is 1. The van der Waals surface area contributed by atoms with E-state index in [1.165, 1.54) is 12.1 Å². The van der Waals surface area contributed by atoms with Crippen LogP contribution in [0.4, 0.5) is 0 Å². The minimum atomic E-state index is -1.05. The molecule has 0 saturated carbocycles. The molecule has 0 radical (unpaired) electrons. The molecular weight excluding hydrogens is 292 g/mol. The fraction of sp³-hybridized carbons (Fsp3) is 0.278. The lowest BCUT2D eigenvalue weighted by Crippen LogP contribution is -2.36. The maximum absolute atomic E-state index is 12.3. The highest BCUT2D eigenvalue weighted by Crippen LogP contribution is 2.19. The quantitative estimate of drug-likeness (QED) is 0.889. The molecule has 0 aliphatic heterocycles. The van der Waals surface area contributed by atoms with Crippen molar-refractivity contribution in [2.75, 3.05) is 0 Å². The van der Waals surface area contributed by atoms with E-state index >= 15 is 0 Å². The van der Waals surface area contributed by atoms with Gasteiger partial charge in [-0.2, -0.15) is 0 Å². The van der Waals surface area contributed by atoms with Crippen LogP contribution in [-0.4, -0.2) is 28.0 Å². The summed E-state index contributed by atoms with van der Waals surface area (Å²) in [6.07, 6.45) is 0. The average molecular weight is 312 g/mol. The number of aromatic nitrogens is 1. The van der Waals surface area contributed by atoms with Crippen LogP contribution in [0, 0.1) is 6.92 Å². The molecule has 2 N–H and O–H groups in total. The lowest BCUT2D eigenvalue weighted by atomic mass is 9.94. The first kappa shape index (κ1) is 16.7. The fourth-order valence-corrected chi connectivity index (χ4v) is 2.36. The number of benzene rings is 1. The highest BCUT2D eigenvalue weighted by molar-refractivity contribution is 5.94. The van der Waals surface area contributed by atoms with E-state index in [4.69, 9.17) is 5.11 Å². The summed E-state index contributed by atoms with van der Waals surface area (Å²) < 4.78 is 0. The zero-order valence-electron chi connectivity index (χ0n) is 13.4. The van der Waals surface area contributed by atoms with Gasteiger partial charge in [0, 0.05) is 12.0 Å². The first-order chi connectivity index (χ1) is 10.9. The maximum atomic E-state index is 12.3. The zero-order valence-corrected chi connectivity index (χ0v) is 13.4. The average Bonchev–Trinajstić information content (AvgIpc) is 2.54. The van der Waals surface area contributed by atoms with E-state index in [1.54, 1.807) is 6.92 Å². The van der Waals surface area contributed by atoms with Gasteiger partial charge in [0.1, 0.15) is 5.69 Å². The summed E-state index contributed by atoms with van der Waals surface area (Å²) in [5.41, 5.74) is 1.80. The molecule has 0 spiro atoms. The summed E-state index contributed by atoms with van der Waals surface area (Å²) >= 11 is 0. The second-order valence-corrected chi connectivity index (χ2v) is 5.60. The number of carboxylic acid groups (broad SMARTS) is 1. The predicted molar refractivity (Wildman–Crippen MR) is 87.7 cm³/mol. The van der Waals surface area contributed by atoms with E-state index in [0.717, 1.165) is 5.56 Å². The second-order valence-electron chi connectivity index (χ2n) is 5.60. The Labute approximate surface area is 135 Å². The van der Waals surface area contributed by atoms with Crippen molar-refractivity contribution in [3.8, 4) is 0 Å². The van der Waals surface area contributed by atoms with Crippen LogP contribution >= 0.6 is 0 Å². The number of aromatic carboxylic acids is 1. The molecule has 23 heavy (non-hydrogen) atoms. The number of rotatable bonds is 5. The van der Waals surface area contributed by atoms with Crippen molar-refractivity contribution in [1.29, 1.82) is 0 Å². The number of pyridine rings is 1. The molecule has 1 heterocycles. The van der Waals surface area contributed by atoms with Gasteiger partial charge >= 0.3 is 5.97 Å². The fourth-order valence-electron chi connectivity index (χ4n) is 2.36. The van der Waals surface area contributed by atoms with Crippen molar-refractivity contribution >= 4 is 11.9 Å². The number of carbonyl (C=O) groups excluding carboxylic acids is 1. The van der Waals surface area contributed by atoms with Gasteiger partial charge in [-0.05, 0) is 31.5 Å². The Kier molecular flexibility index (Phi) is 5.11. The molecule has 2 aromatic rings. The third kappa shape index (κ3) is 3.94. The first-order valence-electron chi connectivity index (χ1n) is 7.47. The molecule has 0 saturated heterocycles. The Morgan fingerprint density at radius 1 is 1.09 bits per heavy atom. The van der Waals surface area contributed by atoms with Crippen LogP contribution in [-0.2, 0) is 0 Å². The minimum absolute atomic E-state index is 0.0776. The van der Waals surface area contributed by atoms with Crippen LogP contribution in [0.15, 0.2) is 42.5 Å². The summed E-state index contributed by atoms with van der Waals surface area (Å²) in [4.78, 5) is 27.4. The Bertz CT molecular complexity index is 713. The molecule has 2 rings (SSSR count). The standard InChI is InChI=1S/C18H20N2O3/c1-11(14-7-5-4-6-8-14)12(2)20-17(21)16-10-9-15(18(22)23)13(3)19-16/h4-12H,1-3H3,(H,20,21)(H,22,23). The number of hydrogen-bond acceptors (Lipinski definition) is 3. The highest BCUT2D eigenvalue weighted by atomic mass is 16.4. The molecule has 0 fully saturated rings. The van der Waals surface area contributed by atoms with E-state index < -0.39 is 5.97 Å². The molecule has 1 amide bonds. The molecule has 2 atom stereocenters. The minimum Gasteiger partial charge on any atom is -0.478 e. The Hall–Kier alpha value is -2.69. The lowest BCUT2D eigenvalue weighted by Gasteiger charge is -2.21. The molecule has 0 aliphatic carbocycles. The lowest BCUT2D eigenvalue weighted by molar-refractivity contribution is 0.0694. The summed E-state index contributed by atoms with van der Waals surface area (Å²) in [5.74, 6) is -1.20. The highest BCUT2D eigenvalue weighted by Gasteiger charge is 2.19. The maximum Gasteiger partial charge on any atom is 0.337 e. The summed E-state index contributed by atoms with van der Waals surface area (Å²) in [7, 11) is 0. The molecular formula is C18H20N2O3. The molecule has 1 aromatic heterocycles. The van der Waals surface area contributed by atoms with Gasteiger partial charge in [-0.3, -0.25) is 4.79 Å². The van der Waals surface area contributed by atoms with E-state index in [9.17, 15) is 9.59 Å². The van der Waals surface area contributed by atoms with E-state index in [0.29, 0.717) is 5.69 Å². The van der Waals surface area contributed by atoms with Crippen LogP contribution < -0.4 is 5.32 Å². The molecule has 0 aliphatic rings. The van der Waals surface area contributed by atoms with E-state index in [-0.39, 0.29) is 29.1 Å². The summed E-state index contributed by atoms with van der Waals surface area (Å²) in [6, 6.07) is 12.7. The normalized spacial score (nSPS) is 13.2. The second kappa shape index (κ2) is 7.05. The molecule has 0 bridgehead atoms. The zero-order chi connectivity index (χ0) is 17.0. The van der Waals surface area contributed by atoms with Crippen molar-refractivity contribution in [2.24, 2.45) is 0 Å². The van der Waals surface area contributed by atoms with Gasteiger partial charge in [0.15, 0.2) is 0 Å². The van der Waals surface area contributed by atoms with Crippen molar-refractivity contribution in [1.82, 2.24) is 10.3 Å². The molecule has 1 aromatic carbocycles. The Morgan fingerprint density at radius 3 is 2.30 bits per heavy atom. The third-order valence-corrected chi connectivity index (χ3v) is 3.98. The number of nitrogens with zero attached hydrogens (tertiary/aromatic N) is 1. The largest absolute Gasteiger partial charge is 0.478 e. The van der Waals surface area contributed by atoms with Gasteiger partial charge in [-0.25, -0.2) is 9.78 Å². The van der Waals surface area contributed by atoms with Gasteiger partial charge in [0.25, 0.3) is 5.91 Å². The first-order valence-corrected chi connectivity index (χ1v) is 7.47. The van der Waals surface area contributed by atoms with Crippen LogP contribution in [0.25, 0.3) is 0 Å². The van der Waals surface area contributed by atoms with E-state index in [1.807, 2.05) is 44.2 Å². The van der Waals surface area contributed by atoms with E-state index in [2.05, 4.69) is 10.3 Å².